The molecule has 82 valence electrons. The molecule has 0 spiro atoms. The van der Waals surface area contributed by atoms with Gasteiger partial charge in [-0.25, -0.2) is 0 Å². The number of rotatable bonds is 4. The summed E-state index contributed by atoms with van der Waals surface area (Å²) in [6.07, 6.45) is 3.82. The fourth-order valence-corrected chi connectivity index (χ4v) is 1.46. The first-order valence-corrected chi connectivity index (χ1v) is 4.82. The number of benzene rings is 1. The molecule has 0 aromatic heterocycles. The Morgan fingerprint density at radius 3 is 2.53 bits per heavy atom. The Hall–Kier alpha value is -1.48. The monoisotopic (exact) mass is 207 g/mol. The molecule has 0 saturated carbocycles. The van der Waals surface area contributed by atoms with Crippen LogP contribution < -0.4 is 15.2 Å². The van der Waals surface area contributed by atoms with Gasteiger partial charge in [-0.3, -0.25) is 0 Å². The summed E-state index contributed by atoms with van der Waals surface area (Å²) >= 11 is 0. The van der Waals surface area contributed by atoms with E-state index in [9.17, 15) is 0 Å². The molecule has 1 aromatic rings. The quantitative estimate of drug-likeness (QED) is 0.821. The summed E-state index contributed by atoms with van der Waals surface area (Å²) < 4.78 is 10.5. The van der Waals surface area contributed by atoms with Crippen LogP contribution in [0.2, 0.25) is 0 Å². The third-order valence-corrected chi connectivity index (χ3v) is 2.09. The molecule has 3 heteroatoms. The van der Waals surface area contributed by atoms with Crippen LogP contribution in [0.4, 0.5) is 0 Å². The second-order valence-electron chi connectivity index (χ2n) is 3.23. The molecule has 3 nitrogen and oxygen atoms in total. The molecule has 0 heterocycles. The molecule has 0 amide bonds. The molecule has 0 radical (unpaired) electrons. The zero-order chi connectivity index (χ0) is 11.3. The zero-order valence-electron chi connectivity index (χ0n) is 9.41. The lowest BCUT2D eigenvalue weighted by Crippen LogP contribution is -1.95. The predicted molar refractivity (Wildman–Crippen MR) is 62.4 cm³/mol. The molecular formula is C12H17NO2. The maximum absolute atomic E-state index is 5.42. The fourth-order valence-electron chi connectivity index (χ4n) is 1.46. The summed E-state index contributed by atoms with van der Waals surface area (Å²) in [5.74, 6) is 1.49. The normalized spacial score (nSPS) is 10.7. The molecule has 1 rings (SSSR count). The van der Waals surface area contributed by atoms with Gasteiger partial charge in [0, 0.05) is 12.1 Å². The lowest BCUT2D eigenvalue weighted by molar-refractivity contribution is 0.354. The molecule has 0 aliphatic rings. The van der Waals surface area contributed by atoms with Crippen LogP contribution in [0, 0.1) is 6.92 Å². The average molecular weight is 207 g/mol. The average Bonchev–Trinajstić information content (AvgIpc) is 2.25. The maximum Gasteiger partial charge on any atom is 0.167 e. The molecule has 1 aromatic carbocycles. The van der Waals surface area contributed by atoms with Crippen molar-refractivity contribution in [2.24, 2.45) is 5.73 Å². The highest BCUT2D eigenvalue weighted by Gasteiger charge is 2.08. The van der Waals surface area contributed by atoms with Gasteiger partial charge in [-0.15, -0.1) is 0 Å². The van der Waals surface area contributed by atoms with Crippen LogP contribution in [0.1, 0.15) is 11.1 Å². The van der Waals surface area contributed by atoms with Gasteiger partial charge < -0.3 is 15.2 Å². The van der Waals surface area contributed by atoms with Gasteiger partial charge in [-0.05, 0) is 24.6 Å². The van der Waals surface area contributed by atoms with Gasteiger partial charge in [0.15, 0.2) is 11.5 Å². The second-order valence-corrected chi connectivity index (χ2v) is 3.23. The van der Waals surface area contributed by atoms with Crippen molar-refractivity contribution in [2.75, 3.05) is 20.8 Å². The van der Waals surface area contributed by atoms with E-state index in [4.69, 9.17) is 15.2 Å². The van der Waals surface area contributed by atoms with Gasteiger partial charge in [-0.1, -0.05) is 12.2 Å². The lowest BCUT2D eigenvalue weighted by atomic mass is 10.1. The van der Waals surface area contributed by atoms with Crippen LogP contribution in [0.5, 0.6) is 11.5 Å². The van der Waals surface area contributed by atoms with E-state index in [-0.39, 0.29) is 0 Å². The summed E-state index contributed by atoms with van der Waals surface area (Å²) in [5, 5.41) is 0. The van der Waals surface area contributed by atoms with Crippen molar-refractivity contribution in [3.8, 4) is 11.5 Å². The molecule has 0 bridgehead atoms. The van der Waals surface area contributed by atoms with E-state index in [0.717, 1.165) is 22.6 Å². The highest BCUT2D eigenvalue weighted by atomic mass is 16.5. The third-order valence-electron chi connectivity index (χ3n) is 2.09. The molecule has 15 heavy (non-hydrogen) atoms. The molecule has 0 fully saturated rings. The van der Waals surface area contributed by atoms with Crippen LogP contribution >= 0.6 is 0 Å². The summed E-state index contributed by atoms with van der Waals surface area (Å²) in [7, 11) is 3.26. The van der Waals surface area contributed by atoms with Crippen molar-refractivity contribution in [2.45, 2.75) is 6.92 Å². The number of hydrogen-bond acceptors (Lipinski definition) is 3. The Balaban J connectivity index is 3.22. The van der Waals surface area contributed by atoms with E-state index in [1.165, 1.54) is 0 Å². The predicted octanol–water partition coefficient (Wildman–Crippen LogP) is 1.98. The smallest absolute Gasteiger partial charge is 0.167 e. The van der Waals surface area contributed by atoms with Crippen LogP contribution in [0.3, 0.4) is 0 Å². The largest absolute Gasteiger partial charge is 0.493 e. The summed E-state index contributed by atoms with van der Waals surface area (Å²) in [6.45, 7) is 2.53. The van der Waals surface area contributed by atoms with E-state index < -0.39 is 0 Å². The number of methoxy groups -OCH3 is 2. The minimum atomic E-state index is 0.513. The Labute approximate surface area is 90.5 Å². The first kappa shape index (κ1) is 11.6. The van der Waals surface area contributed by atoms with Gasteiger partial charge in [0.05, 0.1) is 14.2 Å². The molecule has 0 atom stereocenters. The van der Waals surface area contributed by atoms with Crippen molar-refractivity contribution >= 4 is 6.08 Å². The Morgan fingerprint density at radius 1 is 1.27 bits per heavy atom. The standard InChI is InChI=1S/C12H17NO2/c1-9-7-10(5-4-6-13)12(15-3)11(8-9)14-2/h4-5,7-8H,6,13H2,1-3H3/b5-4+. The van der Waals surface area contributed by atoms with Crippen LogP contribution in [0.15, 0.2) is 18.2 Å². The second kappa shape index (κ2) is 5.41. The summed E-state index contributed by atoms with van der Waals surface area (Å²) in [5.41, 5.74) is 7.53. The van der Waals surface area contributed by atoms with Crippen LogP contribution in [0.25, 0.3) is 6.08 Å². The number of aryl methyl sites for hydroxylation is 1. The Morgan fingerprint density at radius 2 is 2.00 bits per heavy atom. The van der Waals surface area contributed by atoms with Crippen LogP contribution in [-0.2, 0) is 0 Å². The molecule has 2 N–H and O–H groups in total. The highest BCUT2D eigenvalue weighted by molar-refractivity contribution is 5.63. The minimum Gasteiger partial charge on any atom is -0.493 e. The van der Waals surface area contributed by atoms with Crippen molar-refractivity contribution < 1.29 is 9.47 Å². The number of ether oxygens (including phenoxy) is 2. The van der Waals surface area contributed by atoms with Gasteiger partial charge in [0.2, 0.25) is 0 Å². The van der Waals surface area contributed by atoms with Crippen molar-refractivity contribution in [3.63, 3.8) is 0 Å². The van der Waals surface area contributed by atoms with Crippen molar-refractivity contribution in [1.29, 1.82) is 0 Å². The van der Waals surface area contributed by atoms with E-state index in [0.29, 0.717) is 6.54 Å². The van der Waals surface area contributed by atoms with Gasteiger partial charge in [0.25, 0.3) is 0 Å². The third kappa shape index (κ3) is 2.73. The zero-order valence-corrected chi connectivity index (χ0v) is 9.41. The lowest BCUT2D eigenvalue weighted by Gasteiger charge is -2.11. The first-order chi connectivity index (χ1) is 7.22. The molecular weight excluding hydrogens is 190 g/mol. The van der Waals surface area contributed by atoms with Crippen LogP contribution in [-0.4, -0.2) is 20.8 Å². The Kier molecular flexibility index (Phi) is 4.18. The van der Waals surface area contributed by atoms with E-state index >= 15 is 0 Å². The topological polar surface area (TPSA) is 44.5 Å². The minimum absolute atomic E-state index is 0.513. The Bertz CT molecular complexity index is 359. The summed E-state index contributed by atoms with van der Waals surface area (Å²) in [6, 6.07) is 3.98. The van der Waals surface area contributed by atoms with E-state index in [2.05, 4.69) is 0 Å². The van der Waals surface area contributed by atoms with Crippen molar-refractivity contribution in [3.05, 3.63) is 29.3 Å². The molecule has 0 aliphatic carbocycles. The molecule has 0 saturated heterocycles. The van der Waals surface area contributed by atoms with E-state index in [1.54, 1.807) is 14.2 Å². The maximum atomic E-state index is 5.42. The molecule has 0 unspecified atom stereocenters. The fraction of sp³-hybridized carbons (Fsp3) is 0.333. The van der Waals surface area contributed by atoms with Gasteiger partial charge >= 0.3 is 0 Å². The van der Waals surface area contributed by atoms with Gasteiger partial charge in [-0.2, -0.15) is 0 Å². The SMILES string of the molecule is COc1cc(C)cc(/C=C/CN)c1OC. The highest BCUT2D eigenvalue weighted by Crippen LogP contribution is 2.33. The first-order valence-electron chi connectivity index (χ1n) is 4.82. The number of nitrogens with two attached hydrogens (primary N) is 1. The van der Waals surface area contributed by atoms with Crippen molar-refractivity contribution in [1.82, 2.24) is 0 Å². The number of hydrogen-bond donors (Lipinski definition) is 1. The molecule has 0 aliphatic heterocycles. The van der Waals surface area contributed by atoms with Gasteiger partial charge in [0.1, 0.15) is 0 Å². The van der Waals surface area contributed by atoms with E-state index in [1.807, 2.05) is 31.2 Å². The summed E-state index contributed by atoms with van der Waals surface area (Å²) in [4.78, 5) is 0.